The van der Waals surface area contributed by atoms with Gasteiger partial charge in [-0.25, -0.2) is 4.39 Å². The van der Waals surface area contributed by atoms with Crippen molar-refractivity contribution in [3.05, 3.63) is 95.1 Å². The van der Waals surface area contributed by atoms with Gasteiger partial charge >= 0.3 is 6.18 Å². The Hall–Kier alpha value is -3.62. The molecule has 1 aromatic heterocycles. The molecular formula is C28H31F4N3O2. The highest BCUT2D eigenvalue weighted by Gasteiger charge is 2.30. The molecule has 2 amide bonds. The molecule has 0 aliphatic carbocycles. The summed E-state index contributed by atoms with van der Waals surface area (Å²) < 4.78 is 55.3. The molecule has 0 atom stereocenters. The van der Waals surface area contributed by atoms with Gasteiger partial charge in [0.15, 0.2) is 0 Å². The lowest BCUT2D eigenvalue weighted by molar-refractivity contribution is -0.137. The van der Waals surface area contributed by atoms with Gasteiger partial charge in [-0.1, -0.05) is 37.6 Å². The molecule has 0 N–H and O–H groups in total. The SMILES string of the molecule is CCCCN(Cc1cccn1Cc1cccc(C(F)(F)F)c1)C(=O)CN(CC)C(=O)c1ccccc1F. The molecule has 0 aliphatic rings. The van der Waals surface area contributed by atoms with E-state index in [1.165, 1.54) is 29.2 Å². The van der Waals surface area contributed by atoms with E-state index in [2.05, 4.69) is 0 Å². The Labute approximate surface area is 214 Å². The van der Waals surface area contributed by atoms with Crippen LogP contribution in [0.4, 0.5) is 17.6 Å². The largest absolute Gasteiger partial charge is 0.416 e. The van der Waals surface area contributed by atoms with Crippen molar-refractivity contribution in [2.24, 2.45) is 0 Å². The molecule has 0 fully saturated rings. The molecule has 0 unspecified atom stereocenters. The van der Waals surface area contributed by atoms with Gasteiger partial charge in [-0.05, 0) is 55.3 Å². The Morgan fingerprint density at radius 2 is 1.70 bits per heavy atom. The van der Waals surface area contributed by atoms with Gasteiger partial charge in [-0.15, -0.1) is 0 Å². The summed E-state index contributed by atoms with van der Waals surface area (Å²) in [6.45, 7) is 4.65. The van der Waals surface area contributed by atoms with Crippen LogP contribution in [0.15, 0.2) is 66.9 Å². The third-order valence-electron chi connectivity index (χ3n) is 6.12. The number of amides is 2. The number of hydrogen-bond acceptors (Lipinski definition) is 2. The highest BCUT2D eigenvalue weighted by Crippen LogP contribution is 2.29. The minimum atomic E-state index is -4.43. The first-order valence-electron chi connectivity index (χ1n) is 12.3. The summed E-state index contributed by atoms with van der Waals surface area (Å²) in [5, 5.41) is 0. The second-order valence-electron chi connectivity index (χ2n) is 8.79. The number of carbonyl (C=O) groups excluding carboxylic acids is 2. The summed E-state index contributed by atoms with van der Waals surface area (Å²) >= 11 is 0. The topological polar surface area (TPSA) is 45.6 Å². The fourth-order valence-corrected chi connectivity index (χ4v) is 4.02. The smallest absolute Gasteiger partial charge is 0.345 e. The number of benzene rings is 2. The van der Waals surface area contributed by atoms with Gasteiger partial charge in [0.1, 0.15) is 12.4 Å². The number of aromatic nitrogens is 1. The maximum absolute atomic E-state index is 14.2. The van der Waals surface area contributed by atoms with E-state index >= 15 is 0 Å². The predicted octanol–water partition coefficient (Wildman–Crippen LogP) is 5.99. The van der Waals surface area contributed by atoms with E-state index in [1.807, 2.05) is 17.6 Å². The number of nitrogens with zero attached hydrogens (tertiary/aromatic N) is 3. The Kier molecular flexibility index (Phi) is 9.49. The van der Waals surface area contributed by atoms with Crippen LogP contribution in [0.1, 0.15) is 53.9 Å². The molecule has 9 heteroatoms. The van der Waals surface area contributed by atoms with Crippen LogP contribution < -0.4 is 0 Å². The standard InChI is InChI=1S/C28H31F4N3O2/c1-3-5-15-35(26(36)20-33(4-2)27(37)24-13-6-7-14-25(24)29)19-23-12-9-16-34(23)18-21-10-8-11-22(17-21)28(30,31)32/h6-14,16-17H,3-5,15,18-20H2,1-2H3. The predicted molar refractivity (Wildman–Crippen MR) is 133 cm³/mol. The molecular weight excluding hydrogens is 486 g/mol. The zero-order chi connectivity index (χ0) is 27.0. The van der Waals surface area contributed by atoms with Crippen LogP contribution in [0.2, 0.25) is 0 Å². The van der Waals surface area contributed by atoms with Crippen molar-refractivity contribution in [1.82, 2.24) is 14.4 Å². The first-order valence-corrected chi connectivity index (χ1v) is 12.3. The van der Waals surface area contributed by atoms with Crippen LogP contribution in [-0.2, 0) is 24.1 Å². The molecule has 0 bridgehead atoms. The maximum Gasteiger partial charge on any atom is 0.416 e. The van der Waals surface area contributed by atoms with E-state index in [4.69, 9.17) is 0 Å². The summed E-state index contributed by atoms with van der Waals surface area (Å²) in [6.07, 6.45) is -1.07. The van der Waals surface area contributed by atoms with E-state index in [1.54, 1.807) is 36.2 Å². The monoisotopic (exact) mass is 517 g/mol. The summed E-state index contributed by atoms with van der Waals surface area (Å²) in [6, 6.07) is 14.4. The van der Waals surface area contributed by atoms with E-state index in [-0.39, 0.29) is 37.6 Å². The summed E-state index contributed by atoms with van der Waals surface area (Å²) in [7, 11) is 0. The van der Waals surface area contributed by atoms with Gasteiger partial charge in [0.05, 0.1) is 17.7 Å². The lowest BCUT2D eigenvalue weighted by Gasteiger charge is -2.27. The van der Waals surface area contributed by atoms with Gasteiger partial charge in [-0.2, -0.15) is 13.2 Å². The first-order chi connectivity index (χ1) is 17.6. The van der Waals surface area contributed by atoms with Crippen LogP contribution in [0.25, 0.3) is 0 Å². The molecule has 198 valence electrons. The fraction of sp³-hybridized carbons (Fsp3) is 0.357. The molecule has 5 nitrogen and oxygen atoms in total. The molecule has 37 heavy (non-hydrogen) atoms. The van der Waals surface area contributed by atoms with Crippen LogP contribution >= 0.6 is 0 Å². The van der Waals surface area contributed by atoms with Crippen molar-refractivity contribution in [1.29, 1.82) is 0 Å². The molecule has 0 aliphatic heterocycles. The van der Waals surface area contributed by atoms with Crippen LogP contribution in [-0.4, -0.2) is 45.8 Å². The van der Waals surface area contributed by atoms with E-state index in [0.29, 0.717) is 12.1 Å². The Balaban J connectivity index is 1.76. The molecule has 3 rings (SSSR count). The van der Waals surface area contributed by atoms with Crippen LogP contribution in [0.3, 0.4) is 0 Å². The zero-order valence-electron chi connectivity index (χ0n) is 21.0. The second kappa shape index (κ2) is 12.6. The second-order valence-corrected chi connectivity index (χ2v) is 8.79. The zero-order valence-corrected chi connectivity index (χ0v) is 21.0. The lowest BCUT2D eigenvalue weighted by Crippen LogP contribution is -2.43. The molecule has 0 saturated carbocycles. The molecule has 0 saturated heterocycles. The summed E-state index contributed by atoms with van der Waals surface area (Å²) in [5.74, 6) is -1.49. The lowest BCUT2D eigenvalue weighted by atomic mass is 10.1. The van der Waals surface area contributed by atoms with Crippen LogP contribution in [0, 0.1) is 5.82 Å². The Morgan fingerprint density at radius 1 is 0.946 bits per heavy atom. The average molecular weight is 518 g/mol. The minimum Gasteiger partial charge on any atom is -0.345 e. The van der Waals surface area contributed by atoms with Crippen molar-refractivity contribution in [3.63, 3.8) is 0 Å². The van der Waals surface area contributed by atoms with Gasteiger partial charge in [-0.3, -0.25) is 9.59 Å². The van der Waals surface area contributed by atoms with Gasteiger partial charge in [0.2, 0.25) is 5.91 Å². The van der Waals surface area contributed by atoms with E-state index in [0.717, 1.165) is 30.7 Å². The quantitative estimate of drug-likeness (QED) is 0.294. The van der Waals surface area contributed by atoms with E-state index in [9.17, 15) is 27.2 Å². The van der Waals surface area contributed by atoms with Crippen molar-refractivity contribution in [2.45, 2.75) is 46.0 Å². The number of alkyl halides is 3. The molecule has 0 radical (unpaired) electrons. The highest BCUT2D eigenvalue weighted by atomic mass is 19.4. The Bertz CT molecular complexity index is 1210. The number of hydrogen-bond donors (Lipinski definition) is 0. The van der Waals surface area contributed by atoms with E-state index < -0.39 is 23.5 Å². The molecule has 0 spiro atoms. The van der Waals surface area contributed by atoms with Gasteiger partial charge in [0.25, 0.3) is 5.91 Å². The minimum absolute atomic E-state index is 0.0905. The fourth-order valence-electron chi connectivity index (χ4n) is 4.02. The maximum atomic E-state index is 14.2. The molecule has 1 heterocycles. The summed E-state index contributed by atoms with van der Waals surface area (Å²) in [5.41, 5.74) is 0.446. The van der Waals surface area contributed by atoms with Crippen molar-refractivity contribution < 1.29 is 27.2 Å². The molecule has 3 aromatic rings. The van der Waals surface area contributed by atoms with Crippen molar-refractivity contribution in [2.75, 3.05) is 19.6 Å². The van der Waals surface area contributed by atoms with Crippen LogP contribution in [0.5, 0.6) is 0 Å². The van der Waals surface area contributed by atoms with Gasteiger partial charge < -0.3 is 14.4 Å². The molecule has 2 aromatic carbocycles. The number of carbonyl (C=O) groups is 2. The Morgan fingerprint density at radius 3 is 2.38 bits per heavy atom. The highest BCUT2D eigenvalue weighted by molar-refractivity contribution is 5.96. The number of unbranched alkanes of at least 4 members (excludes halogenated alkanes) is 1. The number of rotatable bonds is 11. The number of likely N-dealkylation sites (N-methyl/N-ethyl adjacent to an activating group) is 1. The number of halogens is 4. The third kappa shape index (κ3) is 7.44. The average Bonchev–Trinajstić information content (AvgIpc) is 3.30. The van der Waals surface area contributed by atoms with Crippen molar-refractivity contribution in [3.8, 4) is 0 Å². The third-order valence-corrected chi connectivity index (χ3v) is 6.12. The normalized spacial score (nSPS) is 11.4. The van der Waals surface area contributed by atoms with Gasteiger partial charge in [0, 0.05) is 31.5 Å². The first kappa shape index (κ1) is 28.0. The summed E-state index contributed by atoms with van der Waals surface area (Å²) in [4.78, 5) is 29.1. The van der Waals surface area contributed by atoms with Crippen molar-refractivity contribution >= 4 is 11.8 Å².